The van der Waals surface area contributed by atoms with Gasteiger partial charge in [0.05, 0.1) is 12.8 Å². The van der Waals surface area contributed by atoms with Crippen LogP contribution in [0.15, 0.2) is 18.2 Å². The molecule has 0 saturated carbocycles. The van der Waals surface area contributed by atoms with Gasteiger partial charge >= 0.3 is 17.8 Å². The summed E-state index contributed by atoms with van der Waals surface area (Å²) >= 11 is 0. The van der Waals surface area contributed by atoms with Crippen LogP contribution in [0, 0.1) is 12.8 Å². The number of methoxy groups -OCH3 is 1. The maximum Gasteiger partial charge on any atom is 0.317 e. The molecule has 0 aromatic heterocycles. The fraction of sp³-hybridized carbons (Fsp3) is 0.571. The van der Waals surface area contributed by atoms with Crippen molar-refractivity contribution in [2.75, 3.05) is 32.1 Å². The molecular weight excluding hydrogens is 372 g/mol. The summed E-state index contributed by atoms with van der Waals surface area (Å²) in [6, 6.07) is 5.30. The van der Waals surface area contributed by atoms with Crippen LogP contribution in [-0.4, -0.2) is 55.0 Å². The zero-order valence-electron chi connectivity index (χ0n) is 17.9. The summed E-state index contributed by atoms with van der Waals surface area (Å²) in [4.78, 5) is 38.4. The van der Waals surface area contributed by atoms with Crippen molar-refractivity contribution in [2.24, 2.45) is 5.92 Å². The Kier molecular flexibility index (Phi) is 7.47. The smallest absolute Gasteiger partial charge is 0.317 e. The van der Waals surface area contributed by atoms with Gasteiger partial charge in [-0.05, 0) is 64.2 Å². The van der Waals surface area contributed by atoms with Crippen LogP contribution in [0.3, 0.4) is 0 Å². The standard InChI is InChI=1S/C21H32N4O4/c1-14-6-7-17(29-5)16(12-14)23-19(27)18(26)22-13-15-8-10-25(11-9-15)20(28)24-21(2,3)4/h6-7,12,15H,8-11,13H2,1-5H3,(H,22,26)(H,23,27)(H,24,28). The number of rotatable bonds is 4. The number of amides is 4. The molecule has 0 aliphatic carbocycles. The number of nitrogens with one attached hydrogen (secondary N) is 3. The molecule has 0 radical (unpaired) electrons. The largest absolute Gasteiger partial charge is 0.495 e. The Balaban J connectivity index is 1.78. The molecule has 8 nitrogen and oxygen atoms in total. The first-order valence-corrected chi connectivity index (χ1v) is 9.90. The third kappa shape index (κ3) is 6.96. The summed E-state index contributed by atoms with van der Waals surface area (Å²) in [6.07, 6.45) is 1.57. The van der Waals surface area contributed by atoms with Crippen LogP contribution in [0.2, 0.25) is 0 Å². The Morgan fingerprint density at radius 2 is 1.79 bits per heavy atom. The van der Waals surface area contributed by atoms with E-state index < -0.39 is 11.8 Å². The molecule has 1 aromatic rings. The van der Waals surface area contributed by atoms with Gasteiger partial charge < -0.3 is 25.6 Å². The fourth-order valence-electron chi connectivity index (χ4n) is 3.16. The molecule has 0 unspecified atom stereocenters. The zero-order chi connectivity index (χ0) is 21.6. The first-order valence-electron chi connectivity index (χ1n) is 9.90. The maximum atomic E-state index is 12.2. The highest BCUT2D eigenvalue weighted by Crippen LogP contribution is 2.25. The van der Waals surface area contributed by atoms with E-state index in [1.54, 1.807) is 17.0 Å². The van der Waals surface area contributed by atoms with Crippen LogP contribution in [-0.2, 0) is 9.59 Å². The van der Waals surface area contributed by atoms with Crippen LogP contribution in [0.4, 0.5) is 10.5 Å². The molecule has 2 rings (SSSR count). The molecule has 8 heteroatoms. The average molecular weight is 405 g/mol. The molecule has 0 spiro atoms. The topological polar surface area (TPSA) is 99.8 Å². The van der Waals surface area contributed by atoms with Crippen molar-refractivity contribution in [2.45, 2.75) is 46.1 Å². The van der Waals surface area contributed by atoms with Gasteiger partial charge in [-0.15, -0.1) is 0 Å². The van der Waals surface area contributed by atoms with Crippen molar-refractivity contribution in [1.82, 2.24) is 15.5 Å². The fourth-order valence-corrected chi connectivity index (χ4v) is 3.16. The molecule has 1 aliphatic rings. The summed E-state index contributed by atoms with van der Waals surface area (Å²) in [5.41, 5.74) is 1.14. The van der Waals surface area contributed by atoms with Gasteiger partial charge in [0.25, 0.3) is 0 Å². The SMILES string of the molecule is COc1ccc(C)cc1NC(=O)C(=O)NCC1CCN(C(=O)NC(C)(C)C)CC1. The van der Waals surface area contributed by atoms with E-state index in [0.29, 0.717) is 31.1 Å². The molecule has 3 N–H and O–H groups in total. The van der Waals surface area contributed by atoms with Gasteiger partial charge in [0, 0.05) is 25.2 Å². The Morgan fingerprint density at radius 1 is 1.14 bits per heavy atom. The van der Waals surface area contributed by atoms with Crippen LogP contribution in [0.5, 0.6) is 5.75 Å². The van der Waals surface area contributed by atoms with Gasteiger partial charge in [-0.25, -0.2) is 4.79 Å². The lowest BCUT2D eigenvalue weighted by molar-refractivity contribution is -0.136. The van der Waals surface area contributed by atoms with Crippen molar-refractivity contribution < 1.29 is 19.1 Å². The van der Waals surface area contributed by atoms with Crippen LogP contribution in [0.1, 0.15) is 39.2 Å². The number of hydrogen-bond acceptors (Lipinski definition) is 4. The first kappa shape index (κ1) is 22.5. The third-order valence-electron chi connectivity index (χ3n) is 4.74. The van der Waals surface area contributed by atoms with Gasteiger partial charge in [-0.1, -0.05) is 6.07 Å². The quantitative estimate of drug-likeness (QED) is 0.671. The highest BCUT2D eigenvalue weighted by atomic mass is 16.5. The van der Waals surface area contributed by atoms with Gasteiger partial charge in [-0.2, -0.15) is 0 Å². The summed E-state index contributed by atoms with van der Waals surface area (Å²) < 4.78 is 5.21. The first-order chi connectivity index (χ1) is 13.6. The third-order valence-corrected chi connectivity index (χ3v) is 4.74. The van der Waals surface area contributed by atoms with Gasteiger partial charge in [0.15, 0.2) is 0 Å². The molecule has 29 heavy (non-hydrogen) atoms. The van der Waals surface area contributed by atoms with Crippen LogP contribution < -0.4 is 20.7 Å². The summed E-state index contributed by atoms with van der Waals surface area (Å²) in [5, 5.41) is 8.25. The number of benzene rings is 1. The van der Waals surface area contributed by atoms with Crippen molar-refractivity contribution >= 4 is 23.5 Å². The van der Waals surface area contributed by atoms with Crippen molar-refractivity contribution in [3.05, 3.63) is 23.8 Å². The lowest BCUT2D eigenvalue weighted by Gasteiger charge is -2.34. The van der Waals surface area contributed by atoms with Gasteiger partial charge in [0.2, 0.25) is 0 Å². The number of aryl methyl sites for hydroxylation is 1. The normalized spacial score (nSPS) is 14.9. The van der Waals surface area contributed by atoms with Crippen molar-refractivity contribution in [3.8, 4) is 5.75 Å². The maximum absolute atomic E-state index is 12.2. The van der Waals surface area contributed by atoms with Crippen molar-refractivity contribution in [3.63, 3.8) is 0 Å². The van der Waals surface area contributed by atoms with E-state index in [0.717, 1.165) is 18.4 Å². The predicted octanol–water partition coefficient (Wildman–Crippen LogP) is 2.28. The number of ether oxygens (including phenoxy) is 1. The van der Waals surface area contributed by atoms with E-state index in [1.807, 2.05) is 33.8 Å². The molecular formula is C21H32N4O4. The molecule has 4 amide bonds. The second-order valence-electron chi connectivity index (χ2n) is 8.48. The molecule has 160 valence electrons. The summed E-state index contributed by atoms with van der Waals surface area (Å²) in [7, 11) is 1.51. The number of nitrogens with zero attached hydrogens (tertiary/aromatic N) is 1. The molecule has 0 bridgehead atoms. The highest BCUT2D eigenvalue weighted by Gasteiger charge is 2.26. The second kappa shape index (κ2) is 9.62. The summed E-state index contributed by atoms with van der Waals surface area (Å²) in [6.45, 7) is 9.42. The number of anilines is 1. The Hall–Kier alpha value is -2.77. The number of urea groups is 1. The molecule has 1 aliphatic heterocycles. The lowest BCUT2D eigenvalue weighted by Crippen LogP contribution is -2.51. The number of hydrogen-bond donors (Lipinski definition) is 3. The number of carbonyl (C=O) groups excluding carboxylic acids is 3. The minimum absolute atomic E-state index is 0.0635. The molecule has 0 atom stereocenters. The Bertz CT molecular complexity index is 750. The number of carbonyl (C=O) groups is 3. The molecule has 1 aromatic carbocycles. The van der Waals surface area contributed by atoms with Gasteiger partial charge in [-0.3, -0.25) is 9.59 Å². The Labute approximate surface area is 172 Å². The number of piperidine rings is 1. The van der Waals surface area contributed by atoms with Crippen LogP contribution >= 0.6 is 0 Å². The summed E-state index contributed by atoms with van der Waals surface area (Å²) in [5.74, 6) is -0.672. The molecule has 1 saturated heterocycles. The van der Waals surface area contributed by atoms with Gasteiger partial charge in [0.1, 0.15) is 5.75 Å². The molecule has 1 fully saturated rings. The second-order valence-corrected chi connectivity index (χ2v) is 8.48. The minimum Gasteiger partial charge on any atom is -0.495 e. The van der Waals surface area contributed by atoms with E-state index in [4.69, 9.17) is 4.74 Å². The lowest BCUT2D eigenvalue weighted by atomic mass is 9.97. The van der Waals surface area contributed by atoms with E-state index in [9.17, 15) is 14.4 Å². The van der Waals surface area contributed by atoms with E-state index in [1.165, 1.54) is 7.11 Å². The highest BCUT2D eigenvalue weighted by molar-refractivity contribution is 6.39. The van der Waals surface area contributed by atoms with E-state index >= 15 is 0 Å². The average Bonchev–Trinajstić information content (AvgIpc) is 2.65. The monoisotopic (exact) mass is 404 g/mol. The minimum atomic E-state index is -0.726. The van der Waals surface area contributed by atoms with E-state index in [-0.39, 0.29) is 17.5 Å². The zero-order valence-corrected chi connectivity index (χ0v) is 17.9. The molecule has 1 heterocycles. The Morgan fingerprint density at radius 3 is 2.38 bits per heavy atom. The van der Waals surface area contributed by atoms with E-state index in [2.05, 4.69) is 16.0 Å². The van der Waals surface area contributed by atoms with Crippen molar-refractivity contribution in [1.29, 1.82) is 0 Å². The number of likely N-dealkylation sites (tertiary alicyclic amines) is 1. The van der Waals surface area contributed by atoms with Crippen LogP contribution in [0.25, 0.3) is 0 Å². The predicted molar refractivity (Wildman–Crippen MR) is 112 cm³/mol.